The van der Waals surface area contributed by atoms with E-state index in [1.54, 1.807) is 24.3 Å². The van der Waals surface area contributed by atoms with Crippen LogP contribution in [0.2, 0.25) is 0 Å². The van der Waals surface area contributed by atoms with Gasteiger partial charge in [0.05, 0.1) is 6.61 Å². The van der Waals surface area contributed by atoms with E-state index >= 15 is 0 Å². The van der Waals surface area contributed by atoms with Gasteiger partial charge in [0, 0.05) is 12.0 Å². The van der Waals surface area contributed by atoms with E-state index in [1.165, 1.54) is 0 Å². The SMILES string of the molecule is CCC(CC)CCOC(=O)[C@@]1(O)Cc2ccccc2C1=O. The van der Waals surface area contributed by atoms with Crippen LogP contribution in [0, 0.1) is 5.92 Å². The largest absolute Gasteiger partial charge is 0.463 e. The summed E-state index contributed by atoms with van der Waals surface area (Å²) in [7, 11) is 0. The first-order valence-corrected chi connectivity index (χ1v) is 7.55. The van der Waals surface area contributed by atoms with E-state index in [-0.39, 0.29) is 13.0 Å². The van der Waals surface area contributed by atoms with E-state index in [4.69, 9.17) is 4.74 Å². The molecule has 1 aromatic rings. The zero-order chi connectivity index (χ0) is 15.5. The van der Waals surface area contributed by atoms with Gasteiger partial charge >= 0.3 is 5.97 Å². The van der Waals surface area contributed by atoms with Crippen LogP contribution in [0.1, 0.15) is 49.0 Å². The van der Waals surface area contributed by atoms with Gasteiger partial charge in [-0.1, -0.05) is 51.0 Å². The average molecular weight is 290 g/mol. The van der Waals surface area contributed by atoms with Crippen LogP contribution in [-0.2, 0) is 16.0 Å². The summed E-state index contributed by atoms with van der Waals surface area (Å²) in [6, 6.07) is 6.90. The fourth-order valence-corrected chi connectivity index (χ4v) is 2.77. The van der Waals surface area contributed by atoms with Crippen molar-refractivity contribution in [3.63, 3.8) is 0 Å². The zero-order valence-electron chi connectivity index (χ0n) is 12.6. The second-order valence-electron chi connectivity index (χ2n) is 5.63. The van der Waals surface area contributed by atoms with E-state index < -0.39 is 17.4 Å². The standard InChI is InChI=1S/C17H22O4/c1-3-12(4-2)9-10-21-16(19)17(20)11-13-7-5-6-8-14(13)15(17)18/h5-8,12,20H,3-4,9-11H2,1-2H3/t17-/m1/s1. The van der Waals surface area contributed by atoms with E-state index in [0.29, 0.717) is 17.0 Å². The number of aliphatic hydroxyl groups is 1. The van der Waals surface area contributed by atoms with Gasteiger partial charge in [0.2, 0.25) is 11.4 Å². The average Bonchev–Trinajstić information content (AvgIpc) is 2.76. The molecule has 1 N–H and O–H groups in total. The lowest BCUT2D eigenvalue weighted by Gasteiger charge is -2.19. The fourth-order valence-electron chi connectivity index (χ4n) is 2.77. The molecule has 21 heavy (non-hydrogen) atoms. The second-order valence-corrected chi connectivity index (χ2v) is 5.63. The summed E-state index contributed by atoms with van der Waals surface area (Å²) in [6.07, 6.45) is 2.83. The highest BCUT2D eigenvalue weighted by Crippen LogP contribution is 2.31. The Kier molecular flexibility index (Phi) is 4.78. The molecule has 4 heteroatoms. The number of benzene rings is 1. The predicted octanol–water partition coefficient (Wildman–Crippen LogP) is 2.53. The van der Waals surface area contributed by atoms with Crippen molar-refractivity contribution in [3.05, 3.63) is 35.4 Å². The Morgan fingerprint density at radius 1 is 1.33 bits per heavy atom. The summed E-state index contributed by atoms with van der Waals surface area (Å²) >= 11 is 0. The molecule has 1 atom stereocenters. The Hall–Kier alpha value is -1.68. The first-order chi connectivity index (χ1) is 10.0. The topological polar surface area (TPSA) is 63.6 Å². The van der Waals surface area contributed by atoms with E-state index in [0.717, 1.165) is 19.3 Å². The van der Waals surface area contributed by atoms with Gasteiger partial charge in [0.25, 0.3) is 0 Å². The molecule has 114 valence electrons. The summed E-state index contributed by atoms with van der Waals surface area (Å²) in [5.74, 6) is -0.871. The predicted molar refractivity (Wildman–Crippen MR) is 79.1 cm³/mol. The molecule has 0 heterocycles. The van der Waals surface area contributed by atoms with Gasteiger partial charge in [-0.3, -0.25) is 4.79 Å². The number of rotatable bonds is 6. The Labute approximate surface area is 125 Å². The number of fused-ring (bicyclic) bond motifs is 1. The summed E-state index contributed by atoms with van der Waals surface area (Å²) in [5.41, 5.74) is -0.934. The molecular weight excluding hydrogens is 268 g/mol. The van der Waals surface area contributed by atoms with Crippen LogP contribution in [-0.4, -0.2) is 29.1 Å². The van der Waals surface area contributed by atoms with Crippen molar-refractivity contribution >= 4 is 11.8 Å². The van der Waals surface area contributed by atoms with Crippen LogP contribution in [0.15, 0.2) is 24.3 Å². The summed E-state index contributed by atoms with van der Waals surface area (Å²) < 4.78 is 5.15. The number of esters is 1. The third-order valence-electron chi connectivity index (χ3n) is 4.34. The fraction of sp³-hybridized carbons (Fsp3) is 0.529. The van der Waals surface area contributed by atoms with Crippen molar-refractivity contribution in [2.45, 2.75) is 45.1 Å². The van der Waals surface area contributed by atoms with Crippen molar-refractivity contribution in [1.82, 2.24) is 0 Å². The lowest BCUT2D eigenvalue weighted by Crippen LogP contribution is -2.46. The van der Waals surface area contributed by atoms with Crippen LogP contribution in [0.25, 0.3) is 0 Å². The van der Waals surface area contributed by atoms with Gasteiger partial charge in [0.1, 0.15) is 0 Å². The molecule has 0 saturated carbocycles. The Morgan fingerprint density at radius 2 is 2.00 bits per heavy atom. The summed E-state index contributed by atoms with van der Waals surface area (Å²) in [6.45, 7) is 4.44. The minimum Gasteiger partial charge on any atom is -0.463 e. The highest BCUT2D eigenvalue weighted by molar-refractivity contribution is 6.18. The van der Waals surface area contributed by atoms with Crippen LogP contribution >= 0.6 is 0 Å². The molecule has 0 amide bonds. The number of Topliss-reactive ketones (excluding diaryl/α,β-unsaturated/α-hetero) is 1. The lowest BCUT2D eigenvalue weighted by molar-refractivity contribution is -0.160. The number of carbonyl (C=O) groups excluding carboxylic acids is 2. The molecule has 4 nitrogen and oxygen atoms in total. The minimum atomic E-state index is -2.04. The molecule has 1 aliphatic carbocycles. The first kappa shape index (κ1) is 15.7. The van der Waals surface area contributed by atoms with E-state index in [9.17, 15) is 14.7 Å². The van der Waals surface area contributed by atoms with Crippen molar-refractivity contribution in [2.75, 3.05) is 6.61 Å². The number of hydrogen-bond donors (Lipinski definition) is 1. The smallest absolute Gasteiger partial charge is 0.346 e. The first-order valence-electron chi connectivity index (χ1n) is 7.55. The molecule has 0 radical (unpaired) electrons. The quantitative estimate of drug-likeness (QED) is 0.646. The maximum Gasteiger partial charge on any atom is 0.346 e. The molecule has 0 aliphatic heterocycles. The van der Waals surface area contributed by atoms with E-state index in [1.807, 2.05) is 0 Å². The van der Waals surface area contributed by atoms with Crippen LogP contribution in [0.4, 0.5) is 0 Å². The van der Waals surface area contributed by atoms with Gasteiger partial charge in [-0.15, -0.1) is 0 Å². The molecule has 1 aromatic carbocycles. The highest BCUT2D eigenvalue weighted by atomic mass is 16.6. The van der Waals surface area contributed by atoms with Gasteiger partial charge in [-0.05, 0) is 17.9 Å². The highest BCUT2D eigenvalue weighted by Gasteiger charge is 2.51. The number of hydrogen-bond acceptors (Lipinski definition) is 4. The number of carbonyl (C=O) groups is 2. The Balaban J connectivity index is 1.99. The van der Waals surface area contributed by atoms with Gasteiger partial charge in [0.15, 0.2) is 0 Å². The number of ketones is 1. The van der Waals surface area contributed by atoms with Crippen LogP contribution in [0.3, 0.4) is 0 Å². The summed E-state index contributed by atoms with van der Waals surface area (Å²) in [4.78, 5) is 24.3. The molecule has 1 aliphatic rings. The van der Waals surface area contributed by atoms with Crippen molar-refractivity contribution in [3.8, 4) is 0 Å². The minimum absolute atomic E-state index is 0.00578. The summed E-state index contributed by atoms with van der Waals surface area (Å²) in [5, 5.41) is 10.4. The van der Waals surface area contributed by atoms with Crippen molar-refractivity contribution in [2.24, 2.45) is 5.92 Å². The van der Waals surface area contributed by atoms with Crippen molar-refractivity contribution < 1.29 is 19.4 Å². The normalized spacial score (nSPS) is 20.7. The van der Waals surface area contributed by atoms with Gasteiger partial charge in [-0.2, -0.15) is 0 Å². The van der Waals surface area contributed by atoms with Gasteiger partial charge in [-0.25, -0.2) is 4.79 Å². The molecule has 0 saturated heterocycles. The Morgan fingerprint density at radius 3 is 2.62 bits per heavy atom. The molecule has 0 bridgehead atoms. The third-order valence-corrected chi connectivity index (χ3v) is 4.34. The molecule has 2 rings (SSSR count). The van der Waals surface area contributed by atoms with Crippen LogP contribution < -0.4 is 0 Å². The molecule has 0 aromatic heterocycles. The lowest BCUT2D eigenvalue weighted by atomic mass is 9.99. The molecule has 0 unspecified atom stereocenters. The van der Waals surface area contributed by atoms with Crippen LogP contribution in [0.5, 0.6) is 0 Å². The number of ether oxygens (including phenoxy) is 1. The van der Waals surface area contributed by atoms with Gasteiger partial charge < -0.3 is 9.84 Å². The monoisotopic (exact) mass is 290 g/mol. The molecule has 0 spiro atoms. The Bertz CT molecular complexity index is 533. The van der Waals surface area contributed by atoms with Crippen molar-refractivity contribution in [1.29, 1.82) is 0 Å². The maximum absolute atomic E-state index is 12.2. The maximum atomic E-state index is 12.2. The van der Waals surface area contributed by atoms with E-state index in [2.05, 4.69) is 13.8 Å². The third kappa shape index (κ3) is 3.00. The zero-order valence-corrected chi connectivity index (χ0v) is 12.6. The molecular formula is C17H22O4. The molecule has 0 fully saturated rings. The second kappa shape index (κ2) is 6.39.